The molecule has 0 saturated carbocycles. The largest absolute Gasteiger partial charge is 0.382 e. The fourth-order valence-corrected chi connectivity index (χ4v) is 2.49. The van der Waals surface area contributed by atoms with Crippen molar-refractivity contribution < 1.29 is 0 Å². The maximum Gasteiger partial charge on any atom is 0.204 e. The quantitative estimate of drug-likeness (QED) is 0.586. The first-order valence-electron chi connectivity index (χ1n) is 7.56. The van der Waals surface area contributed by atoms with E-state index in [-0.39, 0.29) is 0 Å². The number of benzene rings is 1. The first-order valence-corrected chi connectivity index (χ1v) is 7.56. The molecule has 9 nitrogen and oxygen atoms in total. The Morgan fingerprint density at radius 3 is 2.75 bits per heavy atom. The Balaban J connectivity index is 1.42. The third kappa shape index (κ3) is 2.67. The number of nitrogens with zero attached hydrogens (tertiary/aromatic N) is 8. The SMILES string of the molecule is Nc1ncnc2c1ncn2CCCn1nnc(-c2ccccc2)n1. The van der Waals surface area contributed by atoms with Crippen LogP contribution in [0.4, 0.5) is 5.82 Å². The van der Waals surface area contributed by atoms with Crippen LogP contribution < -0.4 is 5.73 Å². The maximum atomic E-state index is 5.79. The first kappa shape index (κ1) is 14.2. The number of tetrazole rings is 1. The molecule has 0 saturated heterocycles. The Bertz CT molecular complexity index is 957. The van der Waals surface area contributed by atoms with Crippen molar-refractivity contribution in [3.05, 3.63) is 43.0 Å². The zero-order valence-electron chi connectivity index (χ0n) is 12.8. The lowest BCUT2D eigenvalue weighted by molar-refractivity contribution is 0.473. The summed E-state index contributed by atoms with van der Waals surface area (Å²) < 4.78 is 1.95. The van der Waals surface area contributed by atoms with Crippen molar-refractivity contribution in [1.82, 2.24) is 39.7 Å². The zero-order chi connectivity index (χ0) is 16.4. The van der Waals surface area contributed by atoms with Crippen molar-refractivity contribution in [1.29, 1.82) is 0 Å². The molecular formula is C15H15N9. The molecule has 0 aliphatic rings. The molecule has 9 heteroatoms. The molecule has 0 unspecified atom stereocenters. The fraction of sp³-hybridized carbons (Fsp3) is 0.200. The number of hydrogen-bond acceptors (Lipinski definition) is 7. The number of imidazole rings is 1. The average Bonchev–Trinajstić information content (AvgIpc) is 3.24. The highest BCUT2D eigenvalue weighted by atomic mass is 15.6. The Kier molecular flexibility index (Phi) is 3.58. The summed E-state index contributed by atoms with van der Waals surface area (Å²) in [6.45, 7) is 1.38. The Morgan fingerprint density at radius 1 is 1.00 bits per heavy atom. The lowest BCUT2D eigenvalue weighted by Crippen LogP contribution is -2.07. The first-order chi connectivity index (χ1) is 11.8. The van der Waals surface area contributed by atoms with Gasteiger partial charge in [-0.05, 0) is 11.6 Å². The molecule has 2 N–H and O–H groups in total. The molecule has 0 radical (unpaired) electrons. The van der Waals surface area contributed by atoms with Gasteiger partial charge in [-0.25, -0.2) is 15.0 Å². The van der Waals surface area contributed by atoms with E-state index < -0.39 is 0 Å². The van der Waals surface area contributed by atoms with Crippen LogP contribution >= 0.6 is 0 Å². The third-order valence-electron chi connectivity index (χ3n) is 3.67. The summed E-state index contributed by atoms with van der Waals surface area (Å²) in [5.41, 5.74) is 8.11. The number of hydrogen-bond donors (Lipinski definition) is 1. The van der Waals surface area contributed by atoms with Crippen LogP contribution in [0.3, 0.4) is 0 Å². The van der Waals surface area contributed by atoms with E-state index in [4.69, 9.17) is 5.73 Å². The minimum atomic E-state index is 0.393. The highest BCUT2D eigenvalue weighted by Crippen LogP contribution is 2.15. The molecule has 0 aliphatic heterocycles. The number of aromatic nitrogens is 8. The highest BCUT2D eigenvalue weighted by Gasteiger charge is 2.08. The predicted octanol–water partition coefficient (Wildman–Crippen LogP) is 1.15. The van der Waals surface area contributed by atoms with Crippen LogP contribution in [-0.4, -0.2) is 39.7 Å². The maximum absolute atomic E-state index is 5.79. The molecule has 24 heavy (non-hydrogen) atoms. The van der Waals surface area contributed by atoms with Gasteiger partial charge in [0.15, 0.2) is 11.5 Å². The number of nitrogen functional groups attached to an aromatic ring is 1. The molecule has 3 heterocycles. The molecular weight excluding hydrogens is 306 g/mol. The lowest BCUT2D eigenvalue weighted by atomic mass is 10.2. The monoisotopic (exact) mass is 321 g/mol. The Labute approximate surface area is 137 Å². The minimum absolute atomic E-state index is 0.393. The predicted molar refractivity (Wildman–Crippen MR) is 87.6 cm³/mol. The van der Waals surface area contributed by atoms with E-state index in [0.717, 1.165) is 24.2 Å². The highest BCUT2D eigenvalue weighted by molar-refractivity contribution is 5.81. The zero-order valence-corrected chi connectivity index (χ0v) is 12.8. The number of nitrogens with two attached hydrogens (primary N) is 1. The van der Waals surface area contributed by atoms with Gasteiger partial charge in [0, 0.05) is 12.1 Å². The van der Waals surface area contributed by atoms with Gasteiger partial charge in [-0.2, -0.15) is 4.80 Å². The van der Waals surface area contributed by atoms with E-state index in [1.54, 1.807) is 11.1 Å². The summed E-state index contributed by atoms with van der Waals surface area (Å²) in [6.07, 6.45) is 3.99. The van der Waals surface area contributed by atoms with Gasteiger partial charge in [-0.15, -0.1) is 10.2 Å². The van der Waals surface area contributed by atoms with Crippen LogP contribution in [0.2, 0.25) is 0 Å². The van der Waals surface area contributed by atoms with Crippen molar-refractivity contribution in [3.63, 3.8) is 0 Å². The molecule has 0 atom stereocenters. The molecule has 0 aliphatic carbocycles. The standard InChI is InChI=1S/C15H15N9/c16-13-12-15(18-9-17-13)23(10-19-12)7-4-8-24-21-14(20-22-24)11-5-2-1-3-6-11/h1-3,5-6,9-10H,4,7-8H2,(H2,16,17,18). The molecule has 0 amide bonds. The van der Waals surface area contributed by atoms with Gasteiger partial charge >= 0.3 is 0 Å². The molecule has 0 spiro atoms. The molecule has 120 valence electrons. The van der Waals surface area contributed by atoms with Crippen LogP contribution in [-0.2, 0) is 13.1 Å². The molecule has 4 rings (SSSR count). The van der Waals surface area contributed by atoms with Gasteiger partial charge in [-0.1, -0.05) is 30.3 Å². The summed E-state index contributed by atoms with van der Waals surface area (Å²) in [7, 11) is 0. The second kappa shape index (κ2) is 6.03. The number of anilines is 1. The van der Waals surface area contributed by atoms with Crippen molar-refractivity contribution in [2.45, 2.75) is 19.5 Å². The van der Waals surface area contributed by atoms with Crippen LogP contribution in [0.1, 0.15) is 6.42 Å². The van der Waals surface area contributed by atoms with Crippen molar-refractivity contribution in [3.8, 4) is 11.4 Å². The topological polar surface area (TPSA) is 113 Å². The second-order valence-electron chi connectivity index (χ2n) is 5.30. The van der Waals surface area contributed by atoms with Gasteiger partial charge in [0.2, 0.25) is 5.82 Å². The van der Waals surface area contributed by atoms with Crippen LogP contribution in [0.25, 0.3) is 22.6 Å². The van der Waals surface area contributed by atoms with Crippen molar-refractivity contribution in [2.75, 3.05) is 5.73 Å². The van der Waals surface area contributed by atoms with E-state index in [1.165, 1.54) is 6.33 Å². The van der Waals surface area contributed by atoms with Gasteiger partial charge in [0.05, 0.1) is 12.9 Å². The van der Waals surface area contributed by atoms with Crippen LogP contribution in [0, 0.1) is 0 Å². The van der Waals surface area contributed by atoms with Crippen molar-refractivity contribution in [2.24, 2.45) is 0 Å². The summed E-state index contributed by atoms with van der Waals surface area (Å²) in [5.74, 6) is 1.02. The summed E-state index contributed by atoms with van der Waals surface area (Å²) in [5, 5.41) is 12.6. The Hall–Kier alpha value is -3.36. The van der Waals surface area contributed by atoms with E-state index in [2.05, 4.69) is 30.4 Å². The van der Waals surface area contributed by atoms with Gasteiger partial charge in [-0.3, -0.25) is 0 Å². The third-order valence-corrected chi connectivity index (χ3v) is 3.67. The summed E-state index contributed by atoms with van der Waals surface area (Å²) in [6, 6.07) is 9.79. The van der Waals surface area contributed by atoms with E-state index in [9.17, 15) is 0 Å². The molecule has 4 aromatic rings. The normalized spacial score (nSPS) is 11.2. The van der Waals surface area contributed by atoms with E-state index in [0.29, 0.717) is 23.7 Å². The van der Waals surface area contributed by atoms with E-state index >= 15 is 0 Å². The fourth-order valence-electron chi connectivity index (χ4n) is 2.49. The number of fused-ring (bicyclic) bond motifs is 1. The van der Waals surface area contributed by atoms with Crippen LogP contribution in [0.5, 0.6) is 0 Å². The smallest absolute Gasteiger partial charge is 0.204 e. The lowest BCUT2D eigenvalue weighted by Gasteiger charge is -2.03. The average molecular weight is 321 g/mol. The number of rotatable bonds is 5. The molecule has 0 bridgehead atoms. The second-order valence-corrected chi connectivity index (χ2v) is 5.30. The van der Waals surface area contributed by atoms with Gasteiger partial charge < -0.3 is 10.3 Å². The Morgan fingerprint density at radius 2 is 1.88 bits per heavy atom. The van der Waals surface area contributed by atoms with Crippen LogP contribution in [0.15, 0.2) is 43.0 Å². The minimum Gasteiger partial charge on any atom is -0.382 e. The molecule has 0 fully saturated rings. The van der Waals surface area contributed by atoms with Crippen molar-refractivity contribution >= 4 is 17.0 Å². The number of aryl methyl sites for hydroxylation is 2. The summed E-state index contributed by atoms with van der Waals surface area (Å²) in [4.78, 5) is 14.0. The van der Waals surface area contributed by atoms with E-state index in [1.807, 2.05) is 34.9 Å². The van der Waals surface area contributed by atoms with Gasteiger partial charge in [0.25, 0.3) is 0 Å². The molecule has 1 aromatic carbocycles. The summed E-state index contributed by atoms with van der Waals surface area (Å²) >= 11 is 0. The molecule has 3 aromatic heterocycles. The van der Waals surface area contributed by atoms with Gasteiger partial charge in [0.1, 0.15) is 11.8 Å².